The molecule has 1 aromatic heterocycles. The molecule has 0 saturated carbocycles. The van der Waals surface area contributed by atoms with Gasteiger partial charge in [0.15, 0.2) is 17.2 Å². The number of hydrogen-bond donors (Lipinski definition) is 2. The van der Waals surface area contributed by atoms with E-state index in [0.29, 0.717) is 48.0 Å². The Hall–Kier alpha value is -3.07. The molecule has 158 valence electrons. The summed E-state index contributed by atoms with van der Waals surface area (Å²) in [5.74, 6) is 0.444. The van der Waals surface area contributed by atoms with Crippen molar-refractivity contribution in [1.82, 2.24) is 4.98 Å². The van der Waals surface area contributed by atoms with Gasteiger partial charge in [0.1, 0.15) is 0 Å². The molecule has 0 aliphatic carbocycles. The Balaban J connectivity index is 1.98. The summed E-state index contributed by atoms with van der Waals surface area (Å²) >= 11 is 3.38. The van der Waals surface area contributed by atoms with Crippen LogP contribution in [0.1, 0.15) is 31.1 Å². The van der Waals surface area contributed by atoms with E-state index >= 15 is 0 Å². The second-order valence-electron chi connectivity index (χ2n) is 6.12. The molecule has 0 spiro atoms. The molecule has 0 atom stereocenters. The number of carbonyl (C=O) groups excluding carboxylic acids is 1. The van der Waals surface area contributed by atoms with Crippen LogP contribution in [-0.2, 0) is 0 Å². The number of hydrogen-bond acceptors (Lipinski definition) is 6. The molecule has 9 heteroatoms. The lowest BCUT2D eigenvalue weighted by molar-refractivity contribution is 0.0994. The van der Waals surface area contributed by atoms with E-state index in [9.17, 15) is 9.90 Å². The van der Waals surface area contributed by atoms with E-state index in [0.717, 1.165) is 4.47 Å². The maximum absolute atomic E-state index is 12.7. The first-order valence-electron chi connectivity index (χ1n) is 9.51. The zero-order valence-corrected chi connectivity index (χ0v) is 18.4. The number of aromatic amines is 1. The van der Waals surface area contributed by atoms with Gasteiger partial charge in [-0.05, 0) is 51.1 Å². The highest BCUT2D eigenvalue weighted by Gasteiger charge is 2.19. The normalized spacial score (nSPS) is 11.2. The minimum absolute atomic E-state index is 0.170. The summed E-state index contributed by atoms with van der Waals surface area (Å²) in [6, 6.07) is 8.49. The molecular weight excluding hydrogens is 454 g/mol. The predicted octanol–water partition coefficient (Wildman–Crippen LogP) is 5.76. The SMILES string of the molecule is CCOc1cc(C(=O)N=Nc2c(O)[nH]c3ccc(Br)cc23)cc(OCC)c1OCC. The number of nitrogens with one attached hydrogen (secondary N) is 1. The number of H-pyrrole nitrogens is 1. The van der Waals surface area contributed by atoms with Crippen molar-refractivity contribution in [3.05, 3.63) is 40.4 Å². The van der Waals surface area contributed by atoms with Gasteiger partial charge in [0.2, 0.25) is 11.6 Å². The number of aromatic hydroxyl groups is 1. The van der Waals surface area contributed by atoms with Crippen LogP contribution >= 0.6 is 15.9 Å². The molecule has 1 amide bonds. The molecule has 30 heavy (non-hydrogen) atoms. The number of carbonyl (C=O) groups is 1. The third kappa shape index (κ3) is 4.56. The van der Waals surface area contributed by atoms with Gasteiger partial charge in [0.05, 0.1) is 30.9 Å². The molecule has 0 bridgehead atoms. The first-order chi connectivity index (χ1) is 14.5. The van der Waals surface area contributed by atoms with Gasteiger partial charge in [-0.15, -0.1) is 10.2 Å². The van der Waals surface area contributed by atoms with Crippen LogP contribution in [0.5, 0.6) is 23.1 Å². The lowest BCUT2D eigenvalue weighted by Gasteiger charge is -2.16. The lowest BCUT2D eigenvalue weighted by Crippen LogP contribution is -2.05. The average Bonchev–Trinajstić information content (AvgIpc) is 3.03. The standard InChI is InChI=1S/C21H22BrN3O5/c1-4-28-16-9-12(10-17(29-5-2)19(16)30-6-3)20(26)25-24-18-14-11-13(22)7-8-15(14)23-21(18)27/h7-11,23,27H,4-6H2,1-3H3. The van der Waals surface area contributed by atoms with Crippen molar-refractivity contribution in [1.29, 1.82) is 0 Å². The number of ether oxygens (including phenoxy) is 3. The molecule has 0 aliphatic rings. The highest BCUT2D eigenvalue weighted by atomic mass is 79.9. The van der Waals surface area contributed by atoms with E-state index in [-0.39, 0.29) is 17.1 Å². The monoisotopic (exact) mass is 475 g/mol. The molecule has 0 saturated heterocycles. The number of rotatable bonds is 8. The lowest BCUT2D eigenvalue weighted by atomic mass is 10.1. The molecule has 3 aromatic rings. The summed E-state index contributed by atoms with van der Waals surface area (Å²) in [5, 5.41) is 18.6. The van der Waals surface area contributed by atoms with Crippen molar-refractivity contribution < 1.29 is 24.1 Å². The van der Waals surface area contributed by atoms with Crippen LogP contribution in [0.25, 0.3) is 10.9 Å². The number of azo groups is 1. The van der Waals surface area contributed by atoms with E-state index in [1.54, 1.807) is 24.3 Å². The number of amides is 1. The van der Waals surface area contributed by atoms with Crippen LogP contribution < -0.4 is 14.2 Å². The van der Waals surface area contributed by atoms with E-state index in [1.165, 1.54) is 0 Å². The van der Waals surface area contributed by atoms with Crippen molar-refractivity contribution in [2.45, 2.75) is 20.8 Å². The fourth-order valence-electron chi connectivity index (χ4n) is 2.90. The number of halogens is 1. The maximum Gasteiger partial charge on any atom is 0.295 e. The van der Waals surface area contributed by atoms with E-state index in [1.807, 2.05) is 26.8 Å². The van der Waals surface area contributed by atoms with Crippen molar-refractivity contribution in [3.8, 4) is 23.1 Å². The summed E-state index contributed by atoms with van der Waals surface area (Å²) in [5.41, 5.74) is 1.09. The smallest absolute Gasteiger partial charge is 0.295 e. The van der Waals surface area contributed by atoms with Crippen LogP contribution in [-0.4, -0.2) is 35.8 Å². The molecule has 2 aromatic carbocycles. The summed E-state index contributed by atoms with van der Waals surface area (Å²) in [7, 11) is 0. The van der Waals surface area contributed by atoms with Gasteiger partial charge in [-0.2, -0.15) is 0 Å². The third-order valence-electron chi connectivity index (χ3n) is 4.11. The van der Waals surface area contributed by atoms with Crippen LogP contribution in [0.15, 0.2) is 45.0 Å². The van der Waals surface area contributed by atoms with Gasteiger partial charge in [-0.25, -0.2) is 0 Å². The summed E-state index contributed by atoms with van der Waals surface area (Å²) in [6.07, 6.45) is 0. The maximum atomic E-state index is 12.7. The number of fused-ring (bicyclic) bond motifs is 1. The number of aromatic nitrogens is 1. The van der Waals surface area contributed by atoms with Gasteiger partial charge in [-0.3, -0.25) is 4.79 Å². The largest absolute Gasteiger partial charge is 0.493 e. The average molecular weight is 476 g/mol. The van der Waals surface area contributed by atoms with Gasteiger partial charge in [-0.1, -0.05) is 15.9 Å². The zero-order chi connectivity index (χ0) is 21.7. The second-order valence-corrected chi connectivity index (χ2v) is 7.03. The van der Waals surface area contributed by atoms with E-state index in [2.05, 4.69) is 31.1 Å². The van der Waals surface area contributed by atoms with Gasteiger partial charge in [0.25, 0.3) is 5.91 Å². The first-order valence-corrected chi connectivity index (χ1v) is 10.3. The molecule has 0 aliphatic heterocycles. The Morgan fingerprint density at radius 3 is 2.27 bits per heavy atom. The predicted molar refractivity (Wildman–Crippen MR) is 116 cm³/mol. The Kier molecular flexibility index (Phi) is 6.94. The Morgan fingerprint density at radius 1 is 1.03 bits per heavy atom. The highest BCUT2D eigenvalue weighted by molar-refractivity contribution is 9.10. The van der Waals surface area contributed by atoms with Crippen molar-refractivity contribution in [2.24, 2.45) is 10.2 Å². The van der Waals surface area contributed by atoms with Gasteiger partial charge < -0.3 is 24.3 Å². The summed E-state index contributed by atoms with van der Waals surface area (Å²) < 4.78 is 17.7. The summed E-state index contributed by atoms with van der Waals surface area (Å²) in [6.45, 7) is 6.73. The van der Waals surface area contributed by atoms with Crippen LogP contribution in [0.4, 0.5) is 5.69 Å². The van der Waals surface area contributed by atoms with Crippen LogP contribution in [0.3, 0.4) is 0 Å². The van der Waals surface area contributed by atoms with Gasteiger partial charge in [0, 0.05) is 9.86 Å². The highest BCUT2D eigenvalue weighted by Crippen LogP contribution is 2.40. The first kappa shape index (κ1) is 21.6. The van der Waals surface area contributed by atoms with Gasteiger partial charge >= 0.3 is 0 Å². The molecule has 2 N–H and O–H groups in total. The van der Waals surface area contributed by atoms with Crippen molar-refractivity contribution in [2.75, 3.05) is 19.8 Å². The molecule has 8 nitrogen and oxygen atoms in total. The Bertz CT molecular complexity index is 1070. The fraction of sp³-hybridized carbons (Fsp3) is 0.286. The number of benzene rings is 2. The van der Waals surface area contributed by atoms with Crippen molar-refractivity contribution in [3.63, 3.8) is 0 Å². The molecule has 0 fully saturated rings. The quantitative estimate of drug-likeness (QED) is 0.403. The molecule has 0 unspecified atom stereocenters. The molecule has 3 rings (SSSR count). The molecular formula is C21H22BrN3O5. The minimum atomic E-state index is -0.608. The summed E-state index contributed by atoms with van der Waals surface area (Å²) in [4.78, 5) is 15.5. The van der Waals surface area contributed by atoms with E-state index < -0.39 is 5.91 Å². The molecule has 0 radical (unpaired) electrons. The Labute approximate surface area is 182 Å². The fourth-order valence-corrected chi connectivity index (χ4v) is 3.26. The second kappa shape index (κ2) is 9.62. The zero-order valence-electron chi connectivity index (χ0n) is 16.9. The Morgan fingerprint density at radius 2 is 1.67 bits per heavy atom. The van der Waals surface area contributed by atoms with Crippen LogP contribution in [0.2, 0.25) is 0 Å². The molecule has 1 heterocycles. The third-order valence-corrected chi connectivity index (χ3v) is 4.60. The van der Waals surface area contributed by atoms with Crippen LogP contribution in [0, 0.1) is 0 Å². The van der Waals surface area contributed by atoms with Crippen molar-refractivity contribution >= 4 is 38.4 Å². The topological polar surface area (TPSA) is 106 Å². The number of nitrogens with zero attached hydrogens (tertiary/aromatic N) is 2. The minimum Gasteiger partial charge on any atom is -0.493 e. The van der Waals surface area contributed by atoms with E-state index in [4.69, 9.17) is 14.2 Å².